The number of quaternary nitrogens is 1. The number of carboxylic acid groups (broad SMARTS) is 1. The minimum Gasteiger partial charge on any atom is -0.550 e. The quantitative estimate of drug-likeness (QED) is 0.169. The predicted octanol–water partition coefficient (Wildman–Crippen LogP) is 5.49. The van der Waals surface area contributed by atoms with Gasteiger partial charge in [0.15, 0.2) is 0 Å². The fourth-order valence-corrected chi connectivity index (χ4v) is 3.77. The van der Waals surface area contributed by atoms with Crippen LogP contribution in [0.25, 0.3) is 0 Å². The van der Waals surface area contributed by atoms with Crippen LogP contribution in [0, 0.1) is 5.92 Å². The summed E-state index contributed by atoms with van der Waals surface area (Å²) in [5.74, 6) is -0.646. The third-order valence-electron chi connectivity index (χ3n) is 5.14. The molecule has 0 N–H and O–H groups in total. The molecule has 0 aliphatic rings. The van der Waals surface area contributed by atoms with Crippen molar-refractivity contribution in [2.75, 3.05) is 27.7 Å². The highest BCUT2D eigenvalue weighted by atomic mass is 16.4. The normalized spacial score (nSPS) is 13.3. The van der Waals surface area contributed by atoms with Crippen molar-refractivity contribution in [2.45, 2.75) is 103 Å². The van der Waals surface area contributed by atoms with Crippen LogP contribution in [0.15, 0.2) is 12.2 Å². The number of hydrogen-bond donors (Lipinski definition) is 0. The summed E-state index contributed by atoms with van der Waals surface area (Å²) in [6.07, 6.45) is 22.9. The van der Waals surface area contributed by atoms with Crippen LogP contribution < -0.4 is 5.11 Å². The van der Waals surface area contributed by atoms with Crippen LogP contribution in [0.1, 0.15) is 103 Å². The summed E-state index contributed by atoms with van der Waals surface area (Å²) in [5.41, 5.74) is 0. The summed E-state index contributed by atoms with van der Waals surface area (Å²) < 4.78 is 0.825. The number of carboxylic acids is 1. The van der Waals surface area contributed by atoms with E-state index in [-0.39, 0.29) is 12.3 Å². The number of carbonyl (C=O) groups is 1. The predicted molar refractivity (Wildman–Crippen MR) is 115 cm³/mol. The highest BCUT2D eigenvalue weighted by molar-refractivity contribution is 5.64. The molecule has 1 unspecified atom stereocenters. The molecule has 0 bridgehead atoms. The highest BCUT2D eigenvalue weighted by Gasteiger charge is 2.18. The van der Waals surface area contributed by atoms with Crippen LogP contribution in [0.3, 0.4) is 0 Å². The van der Waals surface area contributed by atoms with Crippen LogP contribution >= 0.6 is 0 Å². The second kappa shape index (κ2) is 17.3. The zero-order chi connectivity index (χ0) is 20.4. The largest absolute Gasteiger partial charge is 0.550 e. The Bertz CT molecular complexity index is 371. The average Bonchev–Trinajstić information content (AvgIpc) is 2.56. The van der Waals surface area contributed by atoms with Crippen molar-refractivity contribution in [2.24, 2.45) is 5.92 Å². The van der Waals surface area contributed by atoms with E-state index in [1.165, 1.54) is 77.0 Å². The summed E-state index contributed by atoms with van der Waals surface area (Å²) in [7, 11) is 6.39. The second-order valence-electron chi connectivity index (χ2n) is 9.29. The molecule has 0 amide bonds. The fourth-order valence-electron chi connectivity index (χ4n) is 3.77. The van der Waals surface area contributed by atoms with Gasteiger partial charge in [-0.25, -0.2) is 0 Å². The number of allylic oxidation sites excluding steroid dienone is 2. The van der Waals surface area contributed by atoms with Gasteiger partial charge in [-0.05, 0) is 38.5 Å². The summed E-state index contributed by atoms with van der Waals surface area (Å²) in [5, 5.41) is 10.9. The SMILES string of the molecule is CCCCCC/C=C\CCCCCCCCCC(CC(=O)[O-])C[N+](C)(C)C. The van der Waals surface area contributed by atoms with Gasteiger partial charge in [0, 0.05) is 11.9 Å². The number of rotatable bonds is 19. The second-order valence-corrected chi connectivity index (χ2v) is 9.29. The average molecular weight is 382 g/mol. The summed E-state index contributed by atoms with van der Waals surface area (Å²) in [6, 6.07) is 0. The van der Waals surface area contributed by atoms with E-state index in [4.69, 9.17) is 0 Å². The van der Waals surface area contributed by atoms with Gasteiger partial charge in [0.2, 0.25) is 0 Å². The molecule has 27 heavy (non-hydrogen) atoms. The molecular formula is C24H47NO2. The third-order valence-corrected chi connectivity index (χ3v) is 5.14. The van der Waals surface area contributed by atoms with E-state index in [9.17, 15) is 9.90 Å². The molecule has 160 valence electrons. The smallest absolute Gasteiger partial charge is 0.0812 e. The lowest BCUT2D eigenvalue weighted by Crippen LogP contribution is -2.41. The molecule has 0 saturated carbocycles. The maximum atomic E-state index is 10.9. The topological polar surface area (TPSA) is 40.1 Å². The van der Waals surface area contributed by atoms with Gasteiger partial charge in [0.1, 0.15) is 0 Å². The molecule has 0 rings (SSSR count). The highest BCUT2D eigenvalue weighted by Crippen LogP contribution is 2.18. The van der Waals surface area contributed by atoms with Crippen molar-refractivity contribution in [3.63, 3.8) is 0 Å². The van der Waals surface area contributed by atoms with E-state index < -0.39 is 5.97 Å². The minimum absolute atomic E-state index is 0.210. The van der Waals surface area contributed by atoms with Gasteiger partial charge in [-0.2, -0.15) is 0 Å². The lowest BCUT2D eigenvalue weighted by Gasteiger charge is -2.29. The van der Waals surface area contributed by atoms with Crippen LogP contribution in [0.5, 0.6) is 0 Å². The molecule has 0 fully saturated rings. The van der Waals surface area contributed by atoms with Gasteiger partial charge >= 0.3 is 0 Å². The summed E-state index contributed by atoms with van der Waals surface area (Å²) in [6.45, 7) is 3.18. The van der Waals surface area contributed by atoms with Crippen molar-refractivity contribution in [1.82, 2.24) is 0 Å². The number of aliphatic carboxylic acids is 1. The molecule has 0 aliphatic heterocycles. The monoisotopic (exact) mass is 381 g/mol. The molecule has 3 heteroatoms. The Morgan fingerprint density at radius 2 is 1.30 bits per heavy atom. The minimum atomic E-state index is -0.900. The molecule has 0 aromatic carbocycles. The molecule has 0 heterocycles. The molecule has 1 atom stereocenters. The van der Waals surface area contributed by atoms with Gasteiger partial charge in [-0.1, -0.05) is 76.9 Å². The lowest BCUT2D eigenvalue weighted by molar-refractivity contribution is -0.873. The van der Waals surface area contributed by atoms with Crippen molar-refractivity contribution in [3.8, 4) is 0 Å². The maximum Gasteiger partial charge on any atom is 0.0812 e. The standard InChI is InChI=1S/C24H47NO2/c1-5-6-7-8-9-10-11-12-13-14-15-16-17-18-19-20-23(21-24(26)27)22-25(2,3)4/h10-11,23H,5-9,12-22H2,1-4H3/b11-10-. The number of unbranched alkanes of at least 4 members (excludes halogenated alkanes) is 11. The Hall–Kier alpha value is -0.830. The Balaban J connectivity index is 3.51. The van der Waals surface area contributed by atoms with E-state index in [2.05, 4.69) is 40.2 Å². The number of hydrogen-bond acceptors (Lipinski definition) is 2. The molecule has 0 aromatic rings. The Morgan fingerprint density at radius 1 is 0.815 bits per heavy atom. The first-order chi connectivity index (χ1) is 12.8. The molecule has 0 radical (unpaired) electrons. The van der Waals surface area contributed by atoms with Crippen molar-refractivity contribution >= 4 is 5.97 Å². The molecule has 0 spiro atoms. The number of carbonyl (C=O) groups excluding carboxylic acids is 1. The first-order valence-corrected chi connectivity index (χ1v) is 11.5. The third kappa shape index (κ3) is 21.3. The van der Waals surface area contributed by atoms with Gasteiger partial charge in [-0.3, -0.25) is 0 Å². The van der Waals surface area contributed by atoms with Gasteiger partial charge < -0.3 is 14.4 Å². The first-order valence-electron chi connectivity index (χ1n) is 11.5. The van der Waals surface area contributed by atoms with E-state index in [0.29, 0.717) is 0 Å². The molecule has 0 saturated heterocycles. The van der Waals surface area contributed by atoms with E-state index in [0.717, 1.165) is 23.9 Å². The van der Waals surface area contributed by atoms with Crippen molar-refractivity contribution in [3.05, 3.63) is 12.2 Å². The van der Waals surface area contributed by atoms with E-state index in [1.54, 1.807) is 0 Å². The Morgan fingerprint density at radius 3 is 1.78 bits per heavy atom. The van der Waals surface area contributed by atoms with E-state index in [1.807, 2.05) is 0 Å². The first kappa shape index (κ1) is 26.2. The Labute approximate surface area is 169 Å². The van der Waals surface area contributed by atoms with Crippen molar-refractivity contribution in [1.29, 1.82) is 0 Å². The Kier molecular flexibility index (Phi) is 16.7. The zero-order valence-corrected chi connectivity index (χ0v) is 18.8. The van der Waals surface area contributed by atoms with Gasteiger partial charge in [0.05, 0.1) is 27.7 Å². The molecule has 3 nitrogen and oxygen atoms in total. The summed E-state index contributed by atoms with van der Waals surface area (Å²) in [4.78, 5) is 10.9. The molecule has 0 aliphatic carbocycles. The van der Waals surface area contributed by atoms with Gasteiger partial charge in [0.25, 0.3) is 0 Å². The van der Waals surface area contributed by atoms with Crippen LogP contribution in [0.4, 0.5) is 0 Å². The van der Waals surface area contributed by atoms with Crippen LogP contribution in [-0.2, 0) is 4.79 Å². The number of nitrogens with zero attached hydrogens (tertiary/aromatic N) is 1. The molecule has 0 aromatic heterocycles. The maximum absolute atomic E-state index is 10.9. The fraction of sp³-hybridized carbons (Fsp3) is 0.875. The lowest BCUT2D eigenvalue weighted by atomic mass is 9.96. The van der Waals surface area contributed by atoms with Crippen LogP contribution in [0.2, 0.25) is 0 Å². The summed E-state index contributed by atoms with van der Waals surface area (Å²) >= 11 is 0. The molecular weight excluding hydrogens is 334 g/mol. The van der Waals surface area contributed by atoms with Crippen molar-refractivity contribution < 1.29 is 14.4 Å². The van der Waals surface area contributed by atoms with E-state index >= 15 is 0 Å². The van der Waals surface area contributed by atoms with Crippen LogP contribution in [-0.4, -0.2) is 38.1 Å². The zero-order valence-electron chi connectivity index (χ0n) is 18.8. The van der Waals surface area contributed by atoms with Gasteiger partial charge in [-0.15, -0.1) is 0 Å².